The van der Waals surface area contributed by atoms with Crippen LogP contribution in [0.4, 0.5) is 0 Å². The molecule has 0 bridgehead atoms. The first kappa shape index (κ1) is 23.1. The average Bonchev–Trinajstić information content (AvgIpc) is 3.05. The number of hydrogen-bond donors (Lipinski definition) is 0. The highest BCUT2D eigenvalue weighted by Crippen LogP contribution is 2.67. The van der Waals surface area contributed by atoms with E-state index >= 15 is 0 Å². The van der Waals surface area contributed by atoms with Crippen LogP contribution >= 0.6 is 0 Å². The molecule has 4 aliphatic carbocycles. The van der Waals surface area contributed by atoms with Gasteiger partial charge in [-0.15, -0.1) is 0 Å². The number of carbonyl (C=O) groups excluding carboxylic acids is 2. The molecule has 0 N–H and O–H groups in total. The molecule has 0 aromatic carbocycles. The minimum absolute atomic E-state index is 0.0916. The van der Waals surface area contributed by atoms with Gasteiger partial charge in [0.05, 0.1) is 0 Å². The van der Waals surface area contributed by atoms with Gasteiger partial charge in [-0.3, -0.25) is 4.79 Å². The van der Waals surface area contributed by atoms with Crippen LogP contribution in [0.5, 0.6) is 0 Å². The summed E-state index contributed by atoms with van der Waals surface area (Å²) in [5.74, 6) is 4.24. The first-order chi connectivity index (χ1) is 14.6. The van der Waals surface area contributed by atoms with E-state index in [0.29, 0.717) is 16.6 Å². The summed E-state index contributed by atoms with van der Waals surface area (Å²) in [6.45, 7) is 10.9. The van der Waals surface area contributed by atoms with Gasteiger partial charge in [-0.05, 0) is 98.7 Å². The largest absolute Gasteiger partial charge is 0.462 e. The zero-order valence-corrected chi connectivity index (χ0v) is 20.5. The predicted molar refractivity (Wildman–Crippen MR) is 124 cm³/mol. The molecule has 0 aromatic heterocycles. The molecule has 174 valence electrons. The van der Waals surface area contributed by atoms with Gasteiger partial charge in [0.1, 0.15) is 11.9 Å². The van der Waals surface area contributed by atoms with Crippen molar-refractivity contribution in [3.8, 4) is 0 Å². The van der Waals surface area contributed by atoms with E-state index in [0.717, 1.165) is 55.3 Å². The van der Waals surface area contributed by atoms with E-state index in [1.165, 1.54) is 44.9 Å². The second-order valence-electron chi connectivity index (χ2n) is 12.0. The molecule has 0 radical (unpaired) electrons. The Hall–Kier alpha value is -1.12. The average molecular weight is 429 g/mol. The third-order valence-electron chi connectivity index (χ3n) is 10.3. The summed E-state index contributed by atoms with van der Waals surface area (Å²) in [5, 5.41) is 0. The highest BCUT2D eigenvalue weighted by Gasteiger charge is 2.59. The Morgan fingerprint density at radius 3 is 2.58 bits per heavy atom. The molecule has 0 aromatic rings. The van der Waals surface area contributed by atoms with Crippen molar-refractivity contribution in [1.82, 2.24) is 0 Å². The number of fused-ring (bicyclic) bond motifs is 5. The molecule has 3 saturated carbocycles. The molecule has 4 rings (SSSR count). The number of Topliss-reactive ketones (excluding diaryl/α,β-unsaturated/α-hetero) is 1. The van der Waals surface area contributed by atoms with Crippen LogP contribution in [0.3, 0.4) is 0 Å². The smallest absolute Gasteiger partial charge is 0.302 e. The molecule has 4 aliphatic rings. The highest BCUT2D eigenvalue weighted by atomic mass is 16.5. The quantitative estimate of drug-likeness (QED) is 0.342. The van der Waals surface area contributed by atoms with Crippen LogP contribution < -0.4 is 0 Å². The molecule has 0 amide bonds. The predicted octanol–water partition coefficient (Wildman–Crippen LogP) is 6.89. The topological polar surface area (TPSA) is 43.4 Å². The molecule has 0 heterocycles. The van der Waals surface area contributed by atoms with E-state index in [9.17, 15) is 9.59 Å². The summed E-state index contributed by atoms with van der Waals surface area (Å²) in [5.41, 5.74) is 2.38. The minimum atomic E-state index is -0.134. The second-order valence-corrected chi connectivity index (χ2v) is 12.0. The fourth-order valence-electron chi connectivity index (χ4n) is 8.81. The molecular formula is C28H44O3. The van der Waals surface area contributed by atoms with Gasteiger partial charge in [0.15, 0.2) is 0 Å². The lowest BCUT2D eigenvalue weighted by Gasteiger charge is -2.58. The van der Waals surface area contributed by atoms with Crippen LogP contribution in [0.25, 0.3) is 0 Å². The van der Waals surface area contributed by atoms with Crippen molar-refractivity contribution in [2.75, 3.05) is 0 Å². The van der Waals surface area contributed by atoms with Gasteiger partial charge in [0.25, 0.3) is 0 Å². The number of ketones is 1. The summed E-state index contributed by atoms with van der Waals surface area (Å²) in [6.07, 6.45) is 15.6. The van der Waals surface area contributed by atoms with Crippen molar-refractivity contribution in [3.63, 3.8) is 0 Å². The SMILES string of the molecule is CC(=O)CCC[C@H](C)[C@@H]1CC[C@@H]2[C@@H]3CC=C4C[C@H](OC(C)=O)CC[C@]4(C)[C@@H]3CC[C@@]21C. The van der Waals surface area contributed by atoms with Gasteiger partial charge in [0.2, 0.25) is 0 Å². The van der Waals surface area contributed by atoms with E-state index in [1.54, 1.807) is 19.4 Å². The van der Waals surface area contributed by atoms with E-state index in [-0.39, 0.29) is 12.1 Å². The van der Waals surface area contributed by atoms with Gasteiger partial charge >= 0.3 is 5.97 Å². The van der Waals surface area contributed by atoms with Crippen molar-refractivity contribution in [2.24, 2.45) is 40.4 Å². The van der Waals surface area contributed by atoms with Crippen molar-refractivity contribution in [3.05, 3.63) is 11.6 Å². The number of allylic oxidation sites excluding steroid dienone is 1. The molecule has 0 spiro atoms. The lowest BCUT2D eigenvalue weighted by molar-refractivity contribution is -0.148. The van der Waals surface area contributed by atoms with Gasteiger partial charge in [-0.2, -0.15) is 0 Å². The number of carbonyl (C=O) groups is 2. The van der Waals surface area contributed by atoms with Crippen LogP contribution in [0.15, 0.2) is 11.6 Å². The van der Waals surface area contributed by atoms with Crippen molar-refractivity contribution >= 4 is 11.8 Å². The van der Waals surface area contributed by atoms with Crippen LogP contribution in [-0.2, 0) is 14.3 Å². The summed E-state index contributed by atoms with van der Waals surface area (Å²) >= 11 is 0. The van der Waals surface area contributed by atoms with Gasteiger partial charge < -0.3 is 9.53 Å². The maximum Gasteiger partial charge on any atom is 0.302 e. The zero-order valence-electron chi connectivity index (χ0n) is 20.5. The Morgan fingerprint density at radius 2 is 1.87 bits per heavy atom. The fourth-order valence-corrected chi connectivity index (χ4v) is 8.81. The Balaban J connectivity index is 1.47. The summed E-state index contributed by atoms with van der Waals surface area (Å²) in [7, 11) is 0. The first-order valence-corrected chi connectivity index (χ1v) is 13.0. The van der Waals surface area contributed by atoms with Crippen molar-refractivity contribution < 1.29 is 14.3 Å². The molecule has 8 atom stereocenters. The summed E-state index contributed by atoms with van der Waals surface area (Å²) < 4.78 is 5.59. The van der Waals surface area contributed by atoms with Gasteiger partial charge in [0, 0.05) is 19.8 Å². The maximum absolute atomic E-state index is 11.5. The Bertz CT molecular complexity index is 739. The van der Waals surface area contributed by atoms with E-state index in [1.807, 2.05) is 0 Å². The van der Waals surface area contributed by atoms with Gasteiger partial charge in [-0.1, -0.05) is 38.8 Å². The first-order valence-electron chi connectivity index (χ1n) is 13.0. The van der Waals surface area contributed by atoms with E-state index < -0.39 is 0 Å². The zero-order chi connectivity index (χ0) is 22.4. The van der Waals surface area contributed by atoms with Crippen molar-refractivity contribution in [2.45, 2.75) is 111 Å². The Morgan fingerprint density at radius 1 is 1.10 bits per heavy atom. The molecule has 0 unspecified atom stereocenters. The fraction of sp³-hybridized carbons (Fsp3) is 0.857. The van der Waals surface area contributed by atoms with Crippen molar-refractivity contribution in [1.29, 1.82) is 0 Å². The molecule has 3 heteroatoms. The minimum Gasteiger partial charge on any atom is -0.462 e. The number of esters is 1. The van der Waals surface area contributed by atoms with Crippen LogP contribution in [-0.4, -0.2) is 17.9 Å². The van der Waals surface area contributed by atoms with Crippen LogP contribution in [0.2, 0.25) is 0 Å². The number of rotatable bonds is 6. The Labute approximate surface area is 189 Å². The van der Waals surface area contributed by atoms with E-state index in [2.05, 4.69) is 26.8 Å². The monoisotopic (exact) mass is 428 g/mol. The number of ether oxygens (including phenoxy) is 1. The van der Waals surface area contributed by atoms with Crippen LogP contribution in [0.1, 0.15) is 105 Å². The standard InChI is InChI=1S/C28H44O3/c1-18(7-6-8-19(2)29)24-11-12-25-23-10-9-21-17-22(31-20(3)30)13-15-27(21,4)26(23)14-16-28(24,25)5/h9,18,22-26H,6-8,10-17H2,1-5H3/t18-,22+,23-,24-,25+,26+,27-,28+/m0/s1. The normalized spacial score (nSPS) is 42.6. The molecule has 0 saturated heterocycles. The third-order valence-corrected chi connectivity index (χ3v) is 10.3. The highest BCUT2D eigenvalue weighted by molar-refractivity contribution is 5.75. The molecule has 0 aliphatic heterocycles. The van der Waals surface area contributed by atoms with Crippen LogP contribution in [0, 0.1) is 40.4 Å². The Kier molecular flexibility index (Phi) is 6.45. The third kappa shape index (κ3) is 4.15. The van der Waals surface area contributed by atoms with E-state index in [4.69, 9.17) is 4.74 Å². The lowest BCUT2D eigenvalue weighted by Crippen LogP contribution is -2.51. The summed E-state index contributed by atoms with van der Waals surface area (Å²) in [4.78, 5) is 22.8. The molecule has 3 fully saturated rings. The maximum atomic E-state index is 11.5. The molecular weight excluding hydrogens is 384 g/mol. The van der Waals surface area contributed by atoms with Gasteiger partial charge in [-0.25, -0.2) is 0 Å². The lowest BCUT2D eigenvalue weighted by atomic mass is 9.47. The molecule has 3 nitrogen and oxygen atoms in total. The number of hydrogen-bond acceptors (Lipinski definition) is 3. The summed E-state index contributed by atoms with van der Waals surface area (Å²) in [6, 6.07) is 0. The molecule has 31 heavy (non-hydrogen) atoms. The second kappa shape index (κ2) is 8.67.